The molecule has 1 atom stereocenters. The lowest BCUT2D eigenvalue weighted by Crippen LogP contribution is -2.28. The third-order valence-corrected chi connectivity index (χ3v) is 4.87. The number of nitrogens with one attached hydrogen (secondary N) is 1. The normalized spacial score (nSPS) is 11.9. The highest BCUT2D eigenvalue weighted by Crippen LogP contribution is 2.25. The Hall–Kier alpha value is -1.98. The number of halogens is 1. The topological polar surface area (TPSA) is 42.0 Å². The Morgan fingerprint density at radius 3 is 2.32 bits per heavy atom. The maximum absolute atomic E-state index is 12.5. The molecular weight excluding hydrogens is 360 g/mol. The highest BCUT2D eigenvalue weighted by atomic mass is 79.9. The van der Waals surface area contributed by atoms with Gasteiger partial charge in [0.1, 0.15) is 0 Å². The van der Waals surface area contributed by atoms with E-state index in [2.05, 4.69) is 26.2 Å². The summed E-state index contributed by atoms with van der Waals surface area (Å²) >= 11 is 4.81. The lowest BCUT2D eigenvalue weighted by molar-refractivity contribution is 0.0947. The van der Waals surface area contributed by atoms with Crippen molar-refractivity contribution in [3.63, 3.8) is 0 Å². The molecule has 0 aliphatic carbocycles. The molecule has 22 heavy (non-hydrogen) atoms. The van der Waals surface area contributed by atoms with Gasteiger partial charge >= 0.3 is 0 Å². The highest BCUT2D eigenvalue weighted by Gasteiger charge is 2.18. The van der Waals surface area contributed by atoms with E-state index in [4.69, 9.17) is 0 Å². The predicted molar refractivity (Wildman–Crippen MR) is 92.0 cm³/mol. The number of pyridine rings is 1. The van der Waals surface area contributed by atoms with Crippen molar-refractivity contribution in [2.24, 2.45) is 0 Å². The quantitative estimate of drug-likeness (QED) is 0.736. The molecule has 0 radical (unpaired) electrons. The lowest BCUT2D eigenvalue weighted by Gasteiger charge is -2.19. The van der Waals surface area contributed by atoms with Crippen molar-refractivity contribution in [1.82, 2.24) is 10.3 Å². The van der Waals surface area contributed by atoms with Crippen molar-refractivity contribution < 1.29 is 4.79 Å². The van der Waals surface area contributed by atoms with Crippen LogP contribution >= 0.6 is 27.3 Å². The van der Waals surface area contributed by atoms with Gasteiger partial charge in [0.25, 0.3) is 5.91 Å². The van der Waals surface area contributed by atoms with Crippen LogP contribution in [0, 0.1) is 0 Å². The molecule has 1 unspecified atom stereocenters. The van der Waals surface area contributed by atoms with Crippen LogP contribution in [-0.2, 0) is 0 Å². The van der Waals surface area contributed by atoms with Crippen molar-refractivity contribution in [1.29, 1.82) is 0 Å². The van der Waals surface area contributed by atoms with E-state index in [0.29, 0.717) is 4.88 Å². The fraction of sp³-hybridized carbons (Fsp3) is 0.0588. The average Bonchev–Trinajstić information content (AvgIpc) is 3.01. The molecule has 0 saturated heterocycles. The smallest absolute Gasteiger partial charge is 0.262 e. The van der Waals surface area contributed by atoms with E-state index < -0.39 is 0 Å². The van der Waals surface area contributed by atoms with E-state index in [1.807, 2.05) is 54.6 Å². The van der Waals surface area contributed by atoms with Gasteiger partial charge in [0.15, 0.2) is 0 Å². The Kier molecular flexibility index (Phi) is 4.65. The molecule has 3 rings (SSSR count). The Bertz CT molecular complexity index is 719. The fourth-order valence-electron chi connectivity index (χ4n) is 2.20. The maximum Gasteiger partial charge on any atom is 0.262 e. The van der Waals surface area contributed by atoms with Gasteiger partial charge in [-0.1, -0.05) is 30.3 Å². The lowest BCUT2D eigenvalue weighted by atomic mass is 9.99. The Morgan fingerprint density at radius 1 is 1.00 bits per heavy atom. The van der Waals surface area contributed by atoms with Crippen molar-refractivity contribution >= 4 is 33.2 Å². The van der Waals surface area contributed by atoms with Crippen LogP contribution in [0.25, 0.3) is 0 Å². The second-order valence-electron chi connectivity index (χ2n) is 4.70. The van der Waals surface area contributed by atoms with E-state index >= 15 is 0 Å². The summed E-state index contributed by atoms with van der Waals surface area (Å²) in [5, 5.41) is 3.10. The van der Waals surface area contributed by atoms with Crippen molar-refractivity contribution in [3.8, 4) is 0 Å². The monoisotopic (exact) mass is 372 g/mol. The molecule has 110 valence electrons. The average molecular weight is 373 g/mol. The molecule has 0 spiro atoms. The van der Waals surface area contributed by atoms with Gasteiger partial charge in [-0.3, -0.25) is 9.78 Å². The van der Waals surface area contributed by atoms with E-state index in [0.717, 1.165) is 14.9 Å². The SMILES string of the molecule is O=C(NC(c1ccccc1)c1ccncc1)c1ccc(Br)s1. The molecule has 2 heterocycles. The third kappa shape index (κ3) is 3.43. The van der Waals surface area contributed by atoms with Gasteiger partial charge in [0.2, 0.25) is 0 Å². The summed E-state index contributed by atoms with van der Waals surface area (Å²) in [7, 11) is 0. The van der Waals surface area contributed by atoms with E-state index in [1.165, 1.54) is 11.3 Å². The molecule has 1 aromatic carbocycles. The van der Waals surface area contributed by atoms with Crippen LogP contribution in [-0.4, -0.2) is 10.9 Å². The number of thiophene rings is 1. The maximum atomic E-state index is 12.5. The number of aromatic nitrogens is 1. The molecule has 3 nitrogen and oxygen atoms in total. The highest BCUT2D eigenvalue weighted by molar-refractivity contribution is 9.11. The Morgan fingerprint density at radius 2 is 1.68 bits per heavy atom. The second-order valence-corrected chi connectivity index (χ2v) is 7.16. The molecular formula is C17H13BrN2OS. The molecule has 2 aromatic heterocycles. The fourth-order valence-corrected chi connectivity index (χ4v) is 3.49. The number of carbonyl (C=O) groups excluding carboxylic acids is 1. The standard InChI is InChI=1S/C17H13BrN2OS/c18-15-7-6-14(22-15)17(21)20-16(12-4-2-1-3-5-12)13-8-10-19-11-9-13/h1-11,16H,(H,20,21). The van der Waals surface area contributed by atoms with E-state index in [9.17, 15) is 4.79 Å². The van der Waals surface area contributed by atoms with Crippen LogP contribution in [0.1, 0.15) is 26.8 Å². The molecule has 0 fully saturated rings. The third-order valence-electron chi connectivity index (χ3n) is 3.24. The Balaban J connectivity index is 1.91. The second kappa shape index (κ2) is 6.85. The summed E-state index contributed by atoms with van der Waals surface area (Å²) in [6, 6.07) is 17.3. The number of amides is 1. The number of rotatable bonds is 4. The molecule has 1 N–H and O–H groups in total. The first-order chi connectivity index (χ1) is 10.7. The number of carbonyl (C=O) groups is 1. The molecule has 0 aliphatic rings. The zero-order valence-corrected chi connectivity index (χ0v) is 14.0. The zero-order chi connectivity index (χ0) is 15.4. The summed E-state index contributed by atoms with van der Waals surface area (Å²) in [4.78, 5) is 17.2. The number of nitrogens with zero attached hydrogens (tertiary/aromatic N) is 1. The minimum Gasteiger partial charge on any atom is -0.340 e. The zero-order valence-electron chi connectivity index (χ0n) is 11.6. The summed E-state index contributed by atoms with van der Waals surface area (Å²) in [6.07, 6.45) is 3.47. The van der Waals surface area contributed by atoms with E-state index in [1.54, 1.807) is 12.4 Å². The summed E-state index contributed by atoms with van der Waals surface area (Å²) < 4.78 is 0.942. The first-order valence-electron chi connectivity index (χ1n) is 6.75. The number of hydrogen-bond acceptors (Lipinski definition) is 3. The molecule has 5 heteroatoms. The van der Waals surface area contributed by atoms with Gasteiger partial charge in [-0.2, -0.15) is 0 Å². The van der Waals surface area contributed by atoms with Gasteiger partial charge < -0.3 is 5.32 Å². The van der Waals surface area contributed by atoms with Crippen LogP contribution in [0.5, 0.6) is 0 Å². The molecule has 1 amide bonds. The number of hydrogen-bond donors (Lipinski definition) is 1. The minimum atomic E-state index is -0.197. The van der Waals surface area contributed by atoms with Gasteiger partial charge in [-0.05, 0) is 51.3 Å². The summed E-state index contributed by atoms with van der Waals surface area (Å²) in [5.74, 6) is -0.0821. The van der Waals surface area contributed by atoms with Gasteiger partial charge in [0, 0.05) is 12.4 Å². The van der Waals surface area contributed by atoms with E-state index in [-0.39, 0.29) is 11.9 Å². The van der Waals surface area contributed by atoms with Crippen LogP contribution in [0.2, 0.25) is 0 Å². The largest absolute Gasteiger partial charge is 0.340 e. The predicted octanol–water partition coefficient (Wildman–Crippen LogP) is 4.43. The van der Waals surface area contributed by atoms with Gasteiger partial charge in [-0.15, -0.1) is 11.3 Å². The first kappa shape index (κ1) is 14.9. The van der Waals surface area contributed by atoms with Crippen molar-refractivity contribution in [2.45, 2.75) is 6.04 Å². The van der Waals surface area contributed by atoms with Crippen LogP contribution in [0.3, 0.4) is 0 Å². The van der Waals surface area contributed by atoms with Gasteiger partial charge in [-0.25, -0.2) is 0 Å². The van der Waals surface area contributed by atoms with Crippen LogP contribution in [0.4, 0.5) is 0 Å². The molecule has 0 aliphatic heterocycles. The number of benzene rings is 1. The van der Waals surface area contributed by atoms with Crippen LogP contribution in [0.15, 0.2) is 70.8 Å². The van der Waals surface area contributed by atoms with Crippen molar-refractivity contribution in [2.75, 3.05) is 0 Å². The van der Waals surface area contributed by atoms with Crippen LogP contribution < -0.4 is 5.32 Å². The molecule has 3 aromatic rings. The Labute approximate surface area is 141 Å². The summed E-state index contributed by atoms with van der Waals surface area (Å²) in [5.41, 5.74) is 2.04. The first-order valence-corrected chi connectivity index (χ1v) is 8.36. The van der Waals surface area contributed by atoms with Crippen molar-refractivity contribution in [3.05, 3.63) is 86.8 Å². The summed E-state index contributed by atoms with van der Waals surface area (Å²) in [6.45, 7) is 0. The molecule has 0 bridgehead atoms. The van der Waals surface area contributed by atoms with Gasteiger partial charge in [0.05, 0.1) is 14.7 Å². The minimum absolute atomic E-state index is 0.0821. The molecule has 0 saturated carbocycles.